The maximum Gasteiger partial charge on any atom is 0.0595 e. The third-order valence-corrected chi connectivity index (χ3v) is 6.55. The van der Waals surface area contributed by atoms with Gasteiger partial charge in [-0.25, -0.2) is 0 Å². The molecule has 1 unspecified atom stereocenters. The Hall–Kier alpha value is 0.280. The second-order valence-electron chi connectivity index (χ2n) is 6.00. The minimum atomic E-state index is 0.407. The lowest BCUT2D eigenvalue weighted by molar-refractivity contribution is 0.257. The monoisotopic (exact) mass is 376 g/mol. The first-order valence-electron chi connectivity index (χ1n) is 7.70. The molecule has 1 aromatic carbocycles. The molecule has 20 heavy (non-hydrogen) atoms. The normalized spacial score (nSPS) is 24.6. The second-order valence-corrected chi connectivity index (χ2v) is 7.80. The van der Waals surface area contributed by atoms with Gasteiger partial charge in [-0.3, -0.25) is 0 Å². The lowest BCUT2D eigenvalue weighted by atomic mass is 9.77. The van der Waals surface area contributed by atoms with Crippen LogP contribution in [0.4, 0.5) is 0 Å². The van der Waals surface area contributed by atoms with Gasteiger partial charge in [0.2, 0.25) is 0 Å². The summed E-state index contributed by atoms with van der Waals surface area (Å²) in [6.45, 7) is 2.28. The summed E-state index contributed by atoms with van der Waals surface area (Å²) in [5.41, 5.74) is 1.26. The Morgan fingerprint density at radius 1 is 1.15 bits per heavy atom. The van der Waals surface area contributed by atoms with Crippen LogP contribution >= 0.6 is 39.1 Å². The van der Waals surface area contributed by atoms with Gasteiger partial charge in [-0.1, -0.05) is 84.2 Å². The van der Waals surface area contributed by atoms with Gasteiger partial charge in [0.05, 0.1) is 10.0 Å². The van der Waals surface area contributed by atoms with Crippen LogP contribution < -0.4 is 0 Å². The van der Waals surface area contributed by atoms with Crippen molar-refractivity contribution in [2.75, 3.05) is 0 Å². The van der Waals surface area contributed by atoms with Crippen LogP contribution in [0, 0.1) is 11.8 Å². The summed E-state index contributed by atoms with van der Waals surface area (Å²) in [6.07, 6.45) is 9.55. The summed E-state index contributed by atoms with van der Waals surface area (Å²) in [5, 5.41) is 1.30. The van der Waals surface area contributed by atoms with Gasteiger partial charge < -0.3 is 0 Å². The molecule has 0 amide bonds. The molecule has 0 saturated heterocycles. The van der Waals surface area contributed by atoms with E-state index in [-0.39, 0.29) is 0 Å². The molecule has 1 aliphatic rings. The average Bonchev–Trinajstić information content (AvgIpc) is 2.48. The highest BCUT2D eigenvalue weighted by molar-refractivity contribution is 9.09. The third-order valence-electron chi connectivity index (χ3n) is 4.53. The van der Waals surface area contributed by atoms with Crippen molar-refractivity contribution in [1.82, 2.24) is 0 Å². The van der Waals surface area contributed by atoms with Gasteiger partial charge in [-0.2, -0.15) is 0 Å². The van der Waals surface area contributed by atoms with E-state index in [1.54, 1.807) is 0 Å². The zero-order chi connectivity index (χ0) is 14.5. The van der Waals surface area contributed by atoms with Crippen LogP contribution in [-0.2, 0) is 0 Å². The minimum Gasteiger partial charge on any atom is -0.0836 e. The van der Waals surface area contributed by atoms with Crippen LogP contribution in [0.25, 0.3) is 0 Å². The molecule has 1 aliphatic carbocycles. The SMILES string of the molecule is CCCCC1CCC(C(Br)c2ccc(Cl)c(Cl)c2)CC1. The molecule has 1 saturated carbocycles. The van der Waals surface area contributed by atoms with Crippen molar-refractivity contribution in [2.45, 2.75) is 56.7 Å². The van der Waals surface area contributed by atoms with Crippen LogP contribution in [0.5, 0.6) is 0 Å². The van der Waals surface area contributed by atoms with Crippen molar-refractivity contribution in [2.24, 2.45) is 11.8 Å². The fraction of sp³-hybridized carbons (Fsp3) is 0.647. The molecule has 0 N–H and O–H groups in total. The quantitative estimate of drug-likeness (QED) is 0.468. The van der Waals surface area contributed by atoms with Gasteiger partial charge in [0.15, 0.2) is 0 Å². The summed E-state index contributed by atoms with van der Waals surface area (Å²) < 4.78 is 0. The number of hydrogen-bond acceptors (Lipinski definition) is 0. The fourth-order valence-electron chi connectivity index (χ4n) is 3.22. The largest absolute Gasteiger partial charge is 0.0836 e. The van der Waals surface area contributed by atoms with E-state index in [0.29, 0.717) is 14.9 Å². The van der Waals surface area contributed by atoms with Gasteiger partial charge in [0.1, 0.15) is 0 Å². The Balaban J connectivity index is 1.91. The van der Waals surface area contributed by atoms with E-state index in [2.05, 4.69) is 28.9 Å². The van der Waals surface area contributed by atoms with Gasteiger partial charge in [-0.15, -0.1) is 0 Å². The molecule has 1 atom stereocenters. The molecule has 0 bridgehead atoms. The Labute approximate surface area is 141 Å². The number of hydrogen-bond donors (Lipinski definition) is 0. The van der Waals surface area contributed by atoms with Gasteiger partial charge in [0.25, 0.3) is 0 Å². The van der Waals surface area contributed by atoms with Crippen LogP contribution in [-0.4, -0.2) is 0 Å². The van der Waals surface area contributed by atoms with Crippen LogP contribution in [0.2, 0.25) is 10.0 Å². The van der Waals surface area contributed by atoms with Crippen LogP contribution in [0.15, 0.2) is 18.2 Å². The third kappa shape index (κ3) is 4.39. The first kappa shape index (κ1) is 16.6. The molecule has 3 heteroatoms. The van der Waals surface area contributed by atoms with Crippen molar-refractivity contribution in [1.29, 1.82) is 0 Å². The maximum atomic E-state index is 6.12. The molecule has 0 aromatic heterocycles. The predicted molar refractivity (Wildman–Crippen MR) is 93.1 cm³/mol. The lowest BCUT2D eigenvalue weighted by Crippen LogP contribution is -2.18. The van der Waals surface area contributed by atoms with E-state index in [0.717, 1.165) is 11.8 Å². The van der Waals surface area contributed by atoms with E-state index in [4.69, 9.17) is 23.2 Å². The Kier molecular flexibility index (Phi) is 6.71. The summed E-state index contributed by atoms with van der Waals surface area (Å²) in [7, 11) is 0. The van der Waals surface area contributed by atoms with Gasteiger partial charge in [-0.05, 0) is 42.4 Å². The van der Waals surface area contributed by atoms with E-state index in [1.165, 1.54) is 50.5 Å². The van der Waals surface area contributed by atoms with Crippen molar-refractivity contribution in [3.8, 4) is 0 Å². The summed E-state index contributed by atoms with van der Waals surface area (Å²) in [5.74, 6) is 1.69. The van der Waals surface area contributed by atoms with Gasteiger partial charge in [0, 0.05) is 4.83 Å². The molecule has 2 rings (SSSR count). The molecule has 0 spiro atoms. The highest BCUT2D eigenvalue weighted by Crippen LogP contribution is 2.43. The van der Waals surface area contributed by atoms with Crippen molar-refractivity contribution >= 4 is 39.1 Å². The van der Waals surface area contributed by atoms with E-state index >= 15 is 0 Å². The smallest absolute Gasteiger partial charge is 0.0595 e. The summed E-state index contributed by atoms with van der Waals surface area (Å²) in [6, 6.07) is 6.00. The van der Waals surface area contributed by atoms with Crippen molar-refractivity contribution in [3.63, 3.8) is 0 Å². The number of rotatable bonds is 5. The first-order valence-corrected chi connectivity index (χ1v) is 9.38. The summed E-state index contributed by atoms with van der Waals surface area (Å²) >= 11 is 16.0. The Morgan fingerprint density at radius 3 is 2.45 bits per heavy atom. The standard InChI is InChI=1S/C17H23BrCl2/c1-2-3-4-12-5-7-13(8-6-12)17(18)14-9-10-15(19)16(20)11-14/h9-13,17H,2-8H2,1H3. The molecular formula is C17H23BrCl2. The maximum absolute atomic E-state index is 6.12. The van der Waals surface area contributed by atoms with Crippen LogP contribution in [0.3, 0.4) is 0 Å². The highest BCUT2D eigenvalue weighted by atomic mass is 79.9. The van der Waals surface area contributed by atoms with E-state index < -0.39 is 0 Å². The van der Waals surface area contributed by atoms with Gasteiger partial charge >= 0.3 is 0 Å². The van der Waals surface area contributed by atoms with Crippen LogP contribution in [0.1, 0.15) is 62.3 Å². The molecule has 1 fully saturated rings. The predicted octanol–water partition coefficient (Wildman–Crippen LogP) is 7.43. The first-order chi connectivity index (χ1) is 9.61. The lowest BCUT2D eigenvalue weighted by Gasteiger charge is -2.31. The molecule has 112 valence electrons. The molecule has 0 radical (unpaired) electrons. The summed E-state index contributed by atoms with van der Waals surface area (Å²) in [4.78, 5) is 0.407. The Morgan fingerprint density at radius 2 is 1.85 bits per heavy atom. The molecule has 0 nitrogen and oxygen atoms in total. The Bertz CT molecular complexity index is 425. The molecule has 0 heterocycles. The molecule has 0 aliphatic heterocycles. The number of alkyl halides is 1. The number of unbranched alkanes of at least 4 members (excludes halogenated alkanes) is 1. The van der Waals surface area contributed by atoms with E-state index in [9.17, 15) is 0 Å². The fourth-order valence-corrected chi connectivity index (χ4v) is 4.34. The second kappa shape index (κ2) is 8.06. The zero-order valence-corrected chi connectivity index (χ0v) is 15.1. The van der Waals surface area contributed by atoms with Crippen molar-refractivity contribution < 1.29 is 0 Å². The topological polar surface area (TPSA) is 0 Å². The van der Waals surface area contributed by atoms with Crippen molar-refractivity contribution in [3.05, 3.63) is 33.8 Å². The van der Waals surface area contributed by atoms with E-state index in [1.807, 2.05) is 12.1 Å². The number of benzene rings is 1. The molecule has 1 aromatic rings. The zero-order valence-electron chi connectivity index (χ0n) is 12.0. The number of halogens is 3. The average molecular weight is 378 g/mol. The highest BCUT2D eigenvalue weighted by Gasteiger charge is 2.27. The molecular weight excluding hydrogens is 355 g/mol. The minimum absolute atomic E-state index is 0.407.